The molecule has 0 aliphatic carbocycles. The van der Waals surface area contributed by atoms with Gasteiger partial charge in [0.2, 0.25) is 5.91 Å². The fourth-order valence-electron chi connectivity index (χ4n) is 3.58. The number of hydrogen-bond acceptors (Lipinski definition) is 4. The minimum atomic E-state index is -0.609. The monoisotopic (exact) mass is 473 g/mol. The Bertz CT molecular complexity index is 950. The second-order valence-electron chi connectivity index (χ2n) is 7.58. The van der Waals surface area contributed by atoms with E-state index < -0.39 is 6.04 Å². The summed E-state index contributed by atoms with van der Waals surface area (Å²) in [4.78, 5) is 29.1. The van der Waals surface area contributed by atoms with Crippen molar-refractivity contribution in [3.63, 3.8) is 0 Å². The van der Waals surface area contributed by atoms with Crippen molar-refractivity contribution in [2.24, 2.45) is 0 Å². The molecule has 0 aromatic heterocycles. The highest BCUT2D eigenvalue weighted by Gasteiger charge is 2.42. The molecule has 2 amide bonds. The maximum atomic E-state index is 12.9. The number of thiocarbonyl (C=S) groups is 1. The summed E-state index contributed by atoms with van der Waals surface area (Å²) in [5, 5.41) is 4.02. The molecule has 0 spiro atoms. The Morgan fingerprint density at radius 2 is 1.81 bits per heavy atom. The number of nitrogens with zero attached hydrogens (tertiary/aromatic N) is 2. The predicted octanol–water partition coefficient (Wildman–Crippen LogP) is 4.52. The van der Waals surface area contributed by atoms with Gasteiger partial charge in [0.1, 0.15) is 11.8 Å². The summed E-state index contributed by atoms with van der Waals surface area (Å²) in [6.45, 7) is 5.60. The van der Waals surface area contributed by atoms with Gasteiger partial charge in [-0.3, -0.25) is 14.5 Å². The normalized spacial score (nSPS) is 15.9. The van der Waals surface area contributed by atoms with E-state index in [2.05, 4.69) is 5.32 Å². The van der Waals surface area contributed by atoms with Crippen molar-refractivity contribution in [2.45, 2.75) is 39.2 Å². The highest BCUT2D eigenvalue weighted by molar-refractivity contribution is 7.80. The Morgan fingerprint density at radius 3 is 2.44 bits per heavy atom. The summed E-state index contributed by atoms with van der Waals surface area (Å²) < 4.78 is 5.57. The molecule has 1 unspecified atom stereocenters. The zero-order valence-corrected chi connectivity index (χ0v) is 19.9. The third kappa shape index (κ3) is 5.99. The lowest BCUT2D eigenvalue weighted by Crippen LogP contribution is -2.39. The molecule has 0 radical (unpaired) electrons. The van der Waals surface area contributed by atoms with E-state index in [0.717, 1.165) is 17.7 Å². The minimum absolute atomic E-state index is 0.0319. The molecule has 8 heteroatoms. The lowest BCUT2D eigenvalue weighted by molar-refractivity contribution is -0.130. The molecule has 0 bridgehead atoms. The number of rotatable bonds is 10. The summed E-state index contributed by atoms with van der Waals surface area (Å²) in [6.07, 6.45) is 1.66. The van der Waals surface area contributed by atoms with Crippen molar-refractivity contribution in [2.75, 3.05) is 25.0 Å². The van der Waals surface area contributed by atoms with E-state index in [-0.39, 0.29) is 18.2 Å². The number of carbonyl (C=O) groups excluding carboxylic acids is 2. The highest BCUT2D eigenvalue weighted by Crippen LogP contribution is 2.23. The second kappa shape index (κ2) is 11.3. The lowest BCUT2D eigenvalue weighted by Gasteiger charge is -2.23. The largest absolute Gasteiger partial charge is 0.494 e. The van der Waals surface area contributed by atoms with Crippen molar-refractivity contribution in [3.8, 4) is 5.75 Å². The number of anilines is 1. The Hall–Kier alpha value is -2.64. The Labute approximate surface area is 199 Å². The summed E-state index contributed by atoms with van der Waals surface area (Å²) in [5.74, 6) is 0.392. The third-order valence-corrected chi connectivity index (χ3v) is 5.97. The number of nitrogens with one attached hydrogen (secondary N) is 1. The smallest absolute Gasteiger partial charge is 0.252 e. The Morgan fingerprint density at radius 1 is 1.12 bits per heavy atom. The maximum Gasteiger partial charge on any atom is 0.252 e. The van der Waals surface area contributed by atoms with E-state index in [0.29, 0.717) is 41.9 Å². The van der Waals surface area contributed by atoms with E-state index in [4.69, 9.17) is 28.6 Å². The summed E-state index contributed by atoms with van der Waals surface area (Å²) >= 11 is 11.5. The van der Waals surface area contributed by atoms with Gasteiger partial charge in [0.15, 0.2) is 5.11 Å². The molecule has 1 atom stereocenters. The molecule has 6 nitrogen and oxygen atoms in total. The van der Waals surface area contributed by atoms with E-state index in [1.54, 1.807) is 17.0 Å². The number of carbonyl (C=O) groups is 2. The van der Waals surface area contributed by atoms with Crippen LogP contribution >= 0.6 is 23.8 Å². The fraction of sp³-hybridized carbons (Fsp3) is 0.375. The zero-order valence-electron chi connectivity index (χ0n) is 18.3. The zero-order chi connectivity index (χ0) is 23.1. The van der Waals surface area contributed by atoms with Crippen LogP contribution in [0.1, 0.15) is 32.3 Å². The van der Waals surface area contributed by atoms with Crippen LogP contribution in [0.25, 0.3) is 0 Å². The van der Waals surface area contributed by atoms with Gasteiger partial charge >= 0.3 is 0 Å². The van der Waals surface area contributed by atoms with Gasteiger partial charge in [0.25, 0.3) is 5.91 Å². The Balaban J connectivity index is 1.64. The van der Waals surface area contributed by atoms with Gasteiger partial charge in [0, 0.05) is 23.8 Å². The predicted molar refractivity (Wildman–Crippen MR) is 131 cm³/mol. The van der Waals surface area contributed by atoms with Crippen molar-refractivity contribution < 1.29 is 14.3 Å². The summed E-state index contributed by atoms with van der Waals surface area (Å²) in [6, 6.07) is 14.2. The van der Waals surface area contributed by atoms with Crippen LogP contribution in [0.5, 0.6) is 5.75 Å². The van der Waals surface area contributed by atoms with Gasteiger partial charge < -0.3 is 15.0 Å². The Kier molecular flexibility index (Phi) is 8.47. The van der Waals surface area contributed by atoms with Gasteiger partial charge in [-0.1, -0.05) is 30.7 Å². The lowest BCUT2D eigenvalue weighted by atomic mass is 10.1. The van der Waals surface area contributed by atoms with Gasteiger partial charge in [-0.25, -0.2) is 0 Å². The van der Waals surface area contributed by atoms with Crippen LogP contribution in [0, 0.1) is 0 Å². The number of amides is 2. The van der Waals surface area contributed by atoms with Crippen LogP contribution in [0.3, 0.4) is 0 Å². The summed E-state index contributed by atoms with van der Waals surface area (Å²) in [7, 11) is 0. The van der Waals surface area contributed by atoms with Crippen LogP contribution in [0.4, 0.5) is 5.69 Å². The molecule has 1 fully saturated rings. The maximum absolute atomic E-state index is 12.9. The number of likely N-dealkylation sites (N-methyl/N-ethyl adjacent to an activating group) is 1. The molecule has 1 aliphatic rings. The molecular weight excluding hydrogens is 446 g/mol. The van der Waals surface area contributed by atoms with Gasteiger partial charge in [0.05, 0.1) is 13.0 Å². The van der Waals surface area contributed by atoms with Crippen LogP contribution in [-0.4, -0.2) is 52.5 Å². The second-order valence-corrected chi connectivity index (χ2v) is 8.38. The first kappa shape index (κ1) is 24.0. The van der Waals surface area contributed by atoms with Gasteiger partial charge in [-0.15, -0.1) is 0 Å². The standard InChI is InChI=1S/C24H28ClN3O3S/c1-3-15-31-20-11-9-19(10-12-20)26-22(29)16-21-23(30)27(4-2)24(32)28(21)14-13-17-5-7-18(25)8-6-17/h5-12,21H,3-4,13-16H2,1-2H3,(H,26,29). The number of hydrogen-bond donors (Lipinski definition) is 1. The quantitative estimate of drug-likeness (QED) is 0.514. The molecule has 1 aliphatic heterocycles. The fourth-order valence-corrected chi connectivity index (χ4v) is 4.14. The van der Waals surface area contributed by atoms with Crippen LogP contribution in [0.2, 0.25) is 5.02 Å². The first-order valence-electron chi connectivity index (χ1n) is 10.8. The first-order chi connectivity index (χ1) is 15.4. The SMILES string of the molecule is CCCOc1ccc(NC(=O)CC2C(=O)N(CC)C(=S)N2CCc2ccc(Cl)cc2)cc1. The molecule has 170 valence electrons. The average Bonchev–Trinajstić information content (AvgIpc) is 3.01. The van der Waals surface area contributed by atoms with Gasteiger partial charge in [-0.05, 0) is 73.9 Å². The average molecular weight is 474 g/mol. The van der Waals surface area contributed by atoms with Crippen molar-refractivity contribution in [3.05, 3.63) is 59.1 Å². The first-order valence-corrected chi connectivity index (χ1v) is 11.6. The molecule has 3 rings (SSSR count). The van der Waals surface area contributed by atoms with E-state index in [1.165, 1.54) is 0 Å². The molecule has 32 heavy (non-hydrogen) atoms. The molecule has 1 N–H and O–H groups in total. The van der Waals surface area contributed by atoms with Crippen LogP contribution < -0.4 is 10.1 Å². The highest BCUT2D eigenvalue weighted by atomic mass is 35.5. The molecule has 0 saturated carbocycles. The third-order valence-electron chi connectivity index (χ3n) is 5.26. The van der Waals surface area contributed by atoms with Crippen molar-refractivity contribution in [1.29, 1.82) is 0 Å². The molecule has 2 aromatic carbocycles. The molecule has 1 heterocycles. The van der Waals surface area contributed by atoms with Gasteiger partial charge in [-0.2, -0.15) is 0 Å². The van der Waals surface area contributed by atoms with E-state index in [1.807, 2.05) is 55.1 Å². The minimum Gasteiger partial charge on any atom is -0.494 e. The van der Waals surface area contributed by atoms with Crippen molar-refractivity contribution in [1.82, 2.24) is 9.80 Å². The van der Waals surface area contributed by atoms with Crippen LogP contribution in [0.15, 0.2) is 48.5 Å². The topological polar surface area (TPSA) is 61.9 Å². The van der Waals surface area contributed by atoms with Crippen LogP contribution in [-0.2, 0) is 16.0 Å². The number of halogens is 1. The van der Waals surface area contributed by atoms with E-state index in [9.17, 15) is 9.59 Å². The molecule has 2 aromatic rings. The number of ether oxygens (including phenoxy) is 1. The summed E-state index contributed by atoms with van der Waals surface area (Å²) in [5.41, 5.74) is 1.75. The number of benzene rings is 2. The van der Waals surface area contributed by atoms with E-state index >= 15 is 0 Å². The van der Waals surface area contributed by atoms with Crippen molar-refractivity contribution >= 4 is 46.4 Å². The molecular formula is C24H28ClN3O3S. The molecule has 1 saturated heterocycles.